The molecule has 0 saturated heterocycles. The van der Waals surface area contributed by atoms with Gasteiger partial charge in [0.25, 0.3) is 15.9 Å². The molecule has 0 bridgehead atoms. The fourth-order valence-electron chi connectivity index (χ4n) is 5.35. The van der Waals surface area contributed by atoms with Gasteiger partial charge in [-0.15, -0.1) is 0 Å². The molecule has 0 unspecified atom stereocenters. The van der Waals surface area contributed by atoms with Gasteiger partial charge in [-0.05, 0) is 51.0 Å². The highest BCUT2D eigenvalue weighted by molar-refractivity contribution is 7.92. The van der Waals surface area contributed by atoms with Gasteiger partial charge in [-0.1, -0.05) is 49.9 Å². The van der Waals surface area contributed by atoms with E-state index in [1.54, 1.807) is 54.1 Å². The largest absolute Gasteiger partial charge is 0.485 e. The highest BCUT2D eigenvalue weighted by Gasteiger charge is 2.35. The summed E-state index contributed by atoms with van der Waals surface area (Å²) in [5.74, 6) is -0.514. The number of hydrogen-bond donors (Lipinski definition) is 3. The molecule has 3 atom stereocenters. The number of carbonyl (C=O) groups excluding carboxylic acids is 2. The molecule has 0 aromatic heterocycles. The zero-order chi connectivity index (χ0) is 29.7. The van der Waals surface area contributed by atoms with E-state index >= 15 is 0 Å². The van der Waals surface area contributed by atoms with Gasteiger partial charge in [-0.3, -0.25) is 9.52 Å². The van der Waals surface area contributed by atoms with E-state index in [2.05, 4.69) is 10.0 Å². The number of aliphatic hydroxyl groups is 1. The Morgan fingerprint density at radius 1 is 1.15 bits per heavy atom. The molecule has 2 aromatic carbocycles. The first-order chi connectivity index (χ1) is 19.5. The van der Waals surface area contributed by atoms with Crippen molar-refractivity contribution in [1.29, 1.82) is 0 Å². The fraction of sp³-hybridized carbons (Fsp3) is 0.533. The number of benzene rings is 2. The van der Waals surface area contributed by atoms with Gasteiger partial charge in [-0.25, -0.2) is 13.2 Å². The van der Waals surface area contributed by atoms with Crippen LogP contribution in [-0.2, 0) is 10.0 Å². The van der Waals surface area contributed by atoms with Crippen molar-refractivity contribution in [1.82, 2.24) is 15.1 Å². The number of likely N-dealkylation sites (N-methyl/N-ethyl adjacent to an activating group) is 1. The van der Waals surface area contributed by atoms with Crippen molar-refractivity contribution in [2.24, 2.45) is 5.92 Å². The van der Waals surface area contributed by atoms with Crippen molar-refractivity contribution in [3.05, 3.63) is 53.6 Å². The van der Waals surface area contributed by atoms with Gasteiger partial charge >= 0.3 is 6.03 Å². The summed E-state index contributed by atoms with van der Waals surface area (Å²) >= 11 is 0. The number of aryl methyl sites for hydroxylation is 1. The quantitative estimate of drug-likeness (QED) is 0.429. The van der Waals surface area contributed by atoms with E-state index in [4.69, 9.17) is 4.74 Å². The molecule has 4 rings (SSSR count). The van der Waals surface area contributed by atoms with Gasteiger partial charge in [0, 0.05) is 25.6 Å². The first-order valence-corrected chi connectivity index (χ1v) is 15.8. The van der Waals surface area contributed by atoms with Crippen LogP contribution in [0.1, 0.15) is 61.9 Å². The summed E-state index contributed by atoms with van der Waals surface area (Å²) in [6, 6.07) is 10.7. The lowest BCUT2D eigenvalue weighted by atomic mass is 9.96. The van der Waals surface area contributed by atoms with Crippen LogP contribution >= 0.6 is 0 Å². The lowest BCUT2D eigenvalue weighted by Crippen LogP contribution is -2.52. The van der Waals surface area contributed by atoms with E-state index in [1.165, 1.54) is 18.6 Å². The van der Waals surface area contributed by atoms with E-state index in [0.29, 0.717) is 6.54 Å². The molecule has 41 heavy (non-hydrogen) atoms. The number of sulfonamides is 1. The number of aliphatic hydroxyl groups excluding tert-OH is 1. The molecule has 1 aliphatic carbocycles. The summed E-state index contributed by atoms with van der Waals surface area (Å²) < 4.78 is 35.7. The number of rotatable bonds is 8. The van der Waals surface area contributed by atoms with Crippen LogP contribution in [0.3, 0.4) is 0 Å². The van der Waals surface area contributed by atoms with Crippen molar-refractivity contribution in [3.63, 3.8) is 0 Å². The molecular formula is C30H42N4O6S. The molecule has 11 heteroatoms. The van der Waals surface area contributed by atoms with Crippen LogP contribution in [0.5, 0.6) is 5.75 Å². The molecule has 224 valence electrons. The molecule has 1 fully saturated rings. The van der Waals surface area contributed by atoms with Gasteiger partial charge in [0.05, 0.1) is 35.3 Å². The fourth-order valence-corrected chi connectivity index (χ4v) is 6.41. The highest BCUT2D eigenvalue weighted by atomic mass is 32.2. The third kappa shape index (κ3) is 7.32. The Hall–Kier alpha value is -3.31. The van der Waals surface area contributed by atoms with Crippen LogP contribution in [0, 0.1) is 12.8 Å². The molecule has 0 spiro atoms. The van der Waals surface area contributed by atoms with Crippen molar-refractivity contribution in [2.45, 2.75) is 76.0 Å². The number of nitrogens with zero attached hydrogens (tertiary/aromatic N) is 2. The maximum atomic E-state index is 13.7. The summed E-state index contributed by atoms with van der Waals surface area (Å²) in [6.45, 7) is 5.83. The van der Waals surface area contributed by atoms with Gasteiger partial charge < -0.3 is 25.0 Å². The monoisotopic (exact) mass is 586 g/mol. The maximum Gasteiger partial charge on any atom is 0.317 e. The third-order valence-corrected chi connectivity index (χ3v) is 9.38. The lowest BCUT2D eigenvalue weighted by Gasteiger charge is -2.38. The van der Waals surface area contributed by atoms with E-state index in [0.717, 1.165) is 31.2 Å². The first-order valence-electron chi connectivity index (χ1n) is 14.3. The Labute approximate surface area is 243 Å². The Balaban J connectivity index is 1.66. The minimum absolute atomic E-state index is 0.0810. The molecule has 1 heterocycles. The number of ether oxygens (including phenoxy) is 1. The van der Waals surface area contributed by atoms with Crippen LogP contribution in [0.25, 0.3) is 0 Å². The summed E-state index contributed by atoms with van der Waals surface area (Å²) in [6.07, 6.45) is 4.74. The highest BCUT2D eigenvalue weighted by Crippen LogP contribution is 2.36. The van der Waals surface area contributed by atoms with Crippen LogP contribution in [-0.4, -0.2) is 80.2 Å². The number of nitrogens with one attached hydrogen (secondary N) is 2. The molecule has 2 aliphatic rings. The third-order valence-electron chi connectivity index (χ3n) is 8.00. The predicted molar refractivity (Wildman–Crippen MR) is 158 cm³/mol. The van der Waals surface area contributed by atoms with Crippen LogP contribution in [0.2, 0.25) is 0 Å². The number of fused-ring (bicyclic) bond motifs is 1. The molecule has 3 amide bonds. The summed E-state index contributed by atoms with van der Waals surface area (Å²) in [5, 5.41) is 13.0. The topological polar surface area (TPSA) is 128 Å². The van der Waals surface area contributed by atoms with Crippen molar-refractivity contribution < 1.29 is 27.9 Å². The minimum atomic E-state index is -3.99. The summed E-state index contributed by atoms with van der Waals surface area (Å²) in [7, 11) is -2.28. The zero-order valence-electron chi connectivity index (χ0n) is 24.3. The summed E-state index contributed by atoms with van der Waals surface area (Å²) in [5.41, 5.74) is 1.23. The average Bonchev–Trinajstić information content (AvgIpc) is 2.95. The van der Waals surface area contributed by atoms with Gasteiger partial charge in [0.15, 0.2) is 5.75 Å². The molecule has 1 saturated carbocycles. The standard InChI is InChI=1S/C30H42N4O6S/c1-20-13-15-24(16-14-20)41(38,39)32-26-12-8-11-25-28(26)40-27(21(2)17-34(29(25)36)22(3)19-35)18-33(4)30(37)31-23-9-6-5-7-10-23/h8,11-16,21-23,27,32,35H,5-7,9-10,17-19H2,1-4H3,(H,31,37)/t21-,22+,27+/m1/s1. The van der Waals surface area contributed by atoms with Crippen molar-refractivity contribution >= 4 is 27.6 Å². The number of para-hydroxylation sites is 1. The predicted octanol–water partition coefficient (Wildman–Crippen LogP) is 3.99. The molecule has 2 aromatic rings. The van der Waals surface area contributed by atoms with Gasteiger partial charge in [-0.2, -0.15) is 0 Å². The number of amides is 3. The Morgan fingerprint density at radius 3 is 2.49 bits per heavy atom. The molecule has 0 radical (unpaired) electrons. The van der Waals surface area contributed by atoms with E-state index < -0.39 is 22.2 Å². The summed E-state index contributed by atoms with van der Waals surface area (Å²) in [4.78, 5) is 30.0. The number of anilines is 1. The second kappa shape index (κ2) is 13.1. The Kier molecular flexibility index (Phi) is 9.80. The second-order valence-corrected chi connectivity index (χ2v) is 13.1. The number of hydrogen-bond acceptors (Lipinski definition) is 6. The van der Waals surface area contributed by atoms with Gasteiger partial charge in [0.1, 0.15) is 6.10 Å². The van der Waals surface area contributed by atoms with Crippen molar-refractivity contribution in [3.8, 4) is 5.75 Å². The minimum Gasteiger partial charge on any atom is -0.485 e. The molecular weight excluding hydrogens is 544 g/mol. The lowest BCUT2D eigenvalue weighted by molar-refractivity contribution is 0.0368. The normalized spacial score (nSPS) is 20.7. The number of carbonyl (C=O) groups is 2. The van der Waals surface area contributed by atoms with Gasteiger partial charge in [0.2, 0.25) is 0 Å². The smallest absolute Gasteiger partial charge is 0.317 e. The van der Waals surface area contributed by atoms with Crippen LogP contribution < -0.4 is 14.8 Å². The molecule has 10 nitrogen and oxygen atoms in total. The van der Waals surface area contributed by atoms with Crippen molar-refractivity contribution in [2.75, 3.05) is 31.5 Å². The van der Waals surface area contributed by atoms with E-state index in [-0.39, 0.29) is 58.9 Å². The SMILES string of the molecule is Cc1ccc(S(=O)(=O)Nc2cccc3c2O[C@@H](CN(C)C(=O)NC2CCCCC2)[C@H](C)CN([C@@H](C)CO)C3=O)cc1. The molecule has 1 aliphatic heterocycles. The zero-order valence-corrected chi connectivity index (χ0v) is 25.1. The van der Waals surface area contributed by atoms with E-state index in [9.17, 15) is 23.1 Å². The maximum absolute atomic E-state index is 13.7. The van der Waals surface area contributed by atoms with Crippen LogP contribution in [0.15, 0.2) is 47.4 Å². The van der Waals surface area contributed by atoms with Crippen LogP contribution in [0.4, 0.5) is 10.5 Å². The van der Waals surface area contributed by atoms with E-state index in [1.807, 2.05) is 13.8 Å². The first kappa shape index (κ1) is 30.6. The number of urea groups is 1. The second-order valence-electron chi connectivity index (χ2n) is 11.4. The Bertz CT molecular complexity index is 1330. The Morgan fingerprint density at radius 2 is 1.83 bits per heavy atom. The average molecular weight is 587 g/mol. The molecule has 3 N–H and O–H groups in total.